The second-order valence-electron chi connectivity index (χ2n) is 5.27. The molecule has 2 aromatic rings. The highest BCUT2D eigenvalue weighted by molar-refractivity contribution is 5.43. The van der Waals surface area contributed by atoms with Crippen LogP contribution in [0.15, 0.2) is 10.9 Å². The molecule has 0 spiro atoms. The number of aryl methyl sites for hydroxylation is 1. The predicted octanol–water partition coefficient (Wildman–Crippen LogP) is 1.94. The first kappa shape index (κ1) is 10.9. The van der Waals surface area contributed by atoms with Gasteiger partial charge in [-0.1, -0.05) is 20.8 Å². The lowest BCUT2D eigenvalue weighted by Gasteiger charge is -2.13. The number of aromatic nitrogens is 3. The summed E-state index contributed by atoms with van der Waals surface area (Å²) in [5.41, 5.74) is 2.34. The summed E-state index contributed by atoms with van der Waals surface area (Å²) < 4.78 is 1.52. The normalized spacial score (nSPS) is 12.3. The molecule has 0 saturated carbocycles. The van der Waals surface area contributed by atoms with E-state index >= 15 is 0 Å². The number of hydrogen-bond donors (Lipinski definition) is 1. The van der Waals surface area contributed by atoms with Gasteiger partial charge in [-0.25, -0.2) is 4.98 Å². The van der Waals surface area contributed by atoms with Gasteiger partial charge in [0.1, 0.15) is 5.82 Å². The molecule has 0 atom stereocenters. The average Bonchev–Trinajstić information content (AvgIpc) is 2.57. The Balaban J connectivity index is 2.82. The molecule has 0 amide bonds. The summed E-state index contributed by atoms with van der Waals surface area (Å²) >= 11 is 0. The summed E-state index contributed by atoms with van der Waals surface area (Å²) in [6, 6.07) is 1.93. The Labute approximate surface area is 94.3 Å². The van der Waals surface area contributed by atoms with Gasteiger partial charge < -0.3 is 0 Å². The Morgan fingerprint density at radius 1 is 1.31 bits per heavy atom. The monoisotopic (exact) mass is 219 g/mol. The van der Waals surface area contributed by atoms with Gasteiger partial charge in [0.25, 0.3) is 5.56 Å². The van der Waals surface area contributed by atoms with E-state index in [9.17, 15) is 4.79 Å². The molecule has 0 unspecified atom stereocenters. The fourth-order valence-electron chi connectivity index (χ4n) is 1.58. The van der Waals surface area contributed by atoms with Gasteiger partial charge in [-0.05, 0) is 25.5 Å². The maximum Gasteiger partial charge on any atom is 0.274 e. The standard InChI is InChI=1S/C12H17N3O/c1-7-6-9-13-11(12(3,4)5)14-15(9)10(16)8(7)2/h6H,1-5H3,(H,13,14). The fraction of sp³-hybridized carbons (Fsp3) is 0.500. The maximum atomic E-state index is 12.0. The third-order valence-electron chi connectivity index (χ3n) is 2.84. The molecule has 0 aliphatic heterocycles. The molecule has 0 aliphatic carbocycles. The van der Waals surface area contributed by atoms with Crippen LogP contribution < -0.4 is 5.56 Å². The van der Waals surface area contributed by atoms with Crippen LogP contribution in [0.5, 0.6) is 0 Å². The van der Waals surface area contributed by atoms with Crippen molar-refractivity contribution in [1.29, 1.82) is 0 Å². The second kappa shape index (κ2) is 3.20. The summed E-state index contributed by atoms with van der Waals surface area (Å²) in [4.78, 5) is 16.4. The molecule has 86 valence electrons. The third-order valence-corrected chi connectivity index (χ3v) is 2.84. The summed E-state index contributed by atoms with van der Waals surface area (Å²) in [7, 11) is 0. The molecule has 1 N–H and O–H groups in total. The SMILES string of the molecule is Cc1cc2nc(C(C)(C)C)[nH]n2c(=O)c1C. The lowest BCUT2D eigenvalue weighted by molar-refractivity contribution is 0.544. The fourth-order valence-corrected chi connectivity index (χ4v) is 1.58. The van der Waals surface area contributed by atoms with E-state index in [0.717, 1.165) is 17.0 Å². The van der Waals surface area contributed by atoms with E-state index in [1.54, 1.807) is 0 Å². The van der Waals surface area contributed by atoms with E-state index in [1.807, 2.05) is 19.9 Å². The maximum absolute atomic E-state index is 12.0. The molecular weight excluding hydrogens is 202 g/mol. The van der Waals surface area contributed by atoms with Gasteiger partial charge >= 0.3 is 0 Å². The van der Waals surface area contributed by atoms with Crippen molar-refractivity contribution >= 4 is 5.65 Å². The Morgan fingerprint density at radius 3 is 2.50 bits per heavy atom. The van der Waals surface area contributed by atoms with Crippen molar-refractivity contribution in [2.45, 2.75) is 40.0 Å². The van der Waals surface area contributed by atoms with Crippen molar-refractivity contribution in [2.75, 3.05) is 0 Å². The number of hydrogen-bond acceptors (Lipinski definition) is 2. The number of rotatable bonds is 0. The van der Waals surface area contributed by atoms with Gasteiger partial charge in [-0.3, -0.25) is 9.89 Å². The average molecular weight is 219 g/mol. The van der Waals surface area contributed by atoms with Crippen LogP contribution >= 0.6 is 0 Å². The van der Waals surface area contributed by atoms with E-state index < -0.39 is 0 Å². The Kier molecular flexibility index (Phi) is 2.19. The largest absolute Gasteiger partial charge is 0.276 e. The smallest absolute Gasteiger partial charge is 0.274 e. The molecule has 2 heterocycles. The van der Waals surface area contributed by atoms with E-state index in [2.05, 4.69) is 30.9 Å². The highest BCUT2D eigenvalue weighted by Crippen LogP contribution is 2.18. The van der Waals surface area contributed by atoms with Crippen LogP contribution in [0, 0.1) is 13.8 Å². The molecule has 4 heteroatoms. The van der Waals surface area contributed by atoms with Gasteiger partial charge in [0.2, 0.25) is 0 Å². The van der Waals surface area contributed by atoms with Gasteiger partial charge in [0.05, 0.1) is 0 Å². The quantitative estimate of drug-likeness (QED) is 0.736. The minimum absolute atomic E-state index is 0.0157. The number of aromatic amines is 1. The molecule has 4 nitrogen and oxygen atoms in total. The first-order chi connectivity index (χ1) is 7.30. The van der Waals surface area contributed by atoms with Gasteiger partial charge in [-0.2, -0.15) is 4.52 Å². The lowest BCUT2D eigenvalue weighted by atomic mass is 9.96. The van der Waals surface area contributed by atoms with Crippen molar-refractivity contribution in [3.63, 3.8) is 0 Å². The molecule has 0 bridgehead atoms. The minimum atomic E-state index is -0.0831. The van der Waals surface area contributed by atoms with E-state index in [-0.39, 0.29) is 11.0 Å². The Morgan fingerprint density at radius 2 is 1.94 bits per heavy atom. The van der Waals surface area contributed by atoms with Crippen molar-refractivity contribution in [2.24, 2.45) is 0 Å². The Hall–Kier alpha value is -1.58. The van der Waals surface area contributed by atoms with Crippen molar-refractivity contribution in [3.8, 4) is 0 Å². The van der Waals surface area contributed by atoms with Crippen molar-refractivity contribution < 1.29 is 0 Å². The van der Waals surface area contributed by atoms with Crippen LogP contribution in [0.3, 0.4) is 0 Å². The molecule has 0 fully saturated rings. The molecule has 0 aliphatic rings. The number of fused-ring (bicyclic) bond motifs is 1. The van der Waals surface area contributed by atoms with E-state index in [1.165, 1.54) is 4.52 Å². The molecule has 0 radical (unpaired) electrons. The first-order valence-electron chi connectivity index (χ1n) is 5.40. The number of pyridine rings is 1. The van der Waals surface area contributed by atoms with Gasteiger partial charge in [-0.15, -0.1) is 0 Å². The summed E-state index contributed by atoms with van der Waals surface area (Å²) in [6.07, 6.45) is 0. The van der Waals surface area contributed by atoms with Crippen molar-refractivity contribution in [3.05, 3.63) is 33.4 Å². The van der Waals surface area contributed by atoms with E-state index in [0.29, 0.717) is 5.65 Å². The van der Waals surface area contributed by atoms with Crippen LogP contribution in [-0.2, 0) is 5.41 Å². The molecule has 2 aromatic heterocycles. The molecule has 16 heavy (non-hydrogen) atoms. The van der Waals surface area contributed by atoms with Crippen LogP contribution in [0.1, 0.15) is 37.7 Å². The third kappa shape index (κ3) is 1.54. The zero-order chi connectivity index (χ0) is 12.1. The number of nitrogens with one attached hydrogen (secondary N) is 1. The summed E-state index contributed by atoms with van der Waals surface area (Å²) in [5.74, 6) is 0.828. The first-order valence-corrected chi connectivity index (χ1v) is 5.40. The topological polar surface area (TPSA) is 50.2 Å². The lowest BCUT2D eigenvalue weighted by Crippen LogP contribution is -2.19. The Bertz CT molecular complexity index is 599. The molecule has 0 saturated heterocycles. The molecular formula is C12H17N3O. The zero-order valence-corrected chi connectivity index (χ0v) is 10.4. The highest BCUT2D eigenvalue weighted by atomic mass is 16.1. The van der Waals surface area contributed by atoms with E-state index in [4.69, 9.17) is 0 Å². The van der Waals surface area contributed by atoms with Crippen molar-refractivity contribution in [1.82, 2.24) is 14.6 Å². The number of H-pyrrole nitrogens is 1. The highest BCUT2D eigenvalue weighted by Gasteiger charge is 2.19. The summed E-state index contributed by atoms with van der Waals surface area (Å²) in [6.45, 7) is 9.96. The van der Waals surface area contributed by atoms with Crippen LogP contribution in [-0.4, -0.2) is 14.6 Å². The van der Waals surface area contributed by atoms with Crippen LogP contribution in [0.25, 0.3) is 5.65 Å². The summed E-state index contributed by atoms with van der Waals surface area (Å²) in [5, 5.41) is 3.06. The van der Waals surface area contributed by atoms with Gasteiger partial charge in [0.15, 0.2) is 5.65 Å². The van der Waals surface area contributed by atoms with Crippen LogP contribution in [0.2, 0.25) is 0 Å². The zero-order valence-electron chi connectivity index (χ0n) is 10.4. The second-order valence-corrected chi connectivity index (χ2v) is 5.27. The predicted molar refractivity (Wildman–Crippen MR) is 64.0 cm³/mol. The number of nitrogens with zero attached hydrogens (tertiary/aromatic N) is 2. The molecule has 2 rings (SSSR count). The van der Waals surface area contributed by atoms with Crippen LogP contribution in [0.4, 0.5) is 0 Å². The minimum Gasteiger partial charge on any atom is -0.276 e. The van der Waals surface area contributed by atoms with Gasteiger partial charge in [0, 0.05) is 11.0 Å². The molecule has 0 aromatic carbocycles.